The molecule has 1 heterocycles. The average molecular weight is 458 g/mol. The zero-order valence-corrected chi connectivity index (χ0v) is 19.4. The van der Waals surface area contributed by atoms with Crippen LogP contribution in [0.5, 0.6) is 11.5 Å². The predicted molar refractivity (Wildman–Crippen MR) is 134 cm³/mol. The Morgan fingerprint density at radius 1 is 0.909 bits per heavy atom. The fraction of sp³-hybridized carbons (Fsp3) is 0.179. The van der Waals surface area contributed by atoms with Crippen LogP contribution in [0.2, 0.25) is 0 Å². The number of rotatable bonds is 8. The molecule has 0 saturated heterocycles. The Morgan fingerprint density at radius 3 is 2.42 bits per heavy atom. The van der Waals surface area contributed by atoms with Crippen LogP contribution in [0.1, 0.15) is 28.7 Å². The van der Waals surface area contributed by atoms with Crippen LogP contribution in [0.3, 0.4) is 0 Å². The van der Waals surface area contributed by atoms with E-state index in [9.17, 15) is 9.18 Å². The highest BCUT2D eigenvalue weighted by atomic mass is 32.1. The summed E-state index contributed by atoms with van der Waals surface area (Å²) in [7, 11) is 0. The van der Waals surface area contributed by atoms with Crippen LogP contribution in [0.4, 0.5) is 4.39 Å². The van der Waals surface area contributed by atoms with Crippen molar-refractivity contribution in [3.05, 3.63) is 101 Å². The van der Waals surface area contributed by atoms with E-state index in [1.807, 2.05) is 56.3 Å². The van der Waals surface area contributed by atoms with E-state index in [4.69, 9.17) is 17.0 Å². The largest absolute Gasteiger partial charge is 0.454 e. The number of Topliss-reactive ketones (excluding diaryl/α,β-unsaturated/α-hetero) is 1. The van der Waals surface area contributed by atoms with Crippen LogP contribution < -0.4 is 4.74 Å². The van der Waals surface area contributed by atoms with Crippen molar-refractivity contribution in [2.24, 2.45) is 0 Å². The van der Waals surface area contributed by atoms with Gasteiger partial charge in [-0.3, -0.25) is 9.78 Å². The smallest absolute Gasteiger partial charge is 0.166 e. The topological polar surface area (TPSA) is 39.2 Å². The van der Waals surface area contributed by atoms with Crippen LogP contribution in [0.25, 0.3) is 10.9 Å². The zero-order valence-electron chi connectivity index (χ0n) is 18.6. The summed E-state index contributed by atoms with van der Waals surface area (Å²) in [5.74, 6) is 0.272. The first-order valence-corrected chi connectivity index (χ1v) is 11.2. The third kappa shape index (κ3) is 5.68. The van der Waals surface area contributed by atoms with Gasteiger partial charge in [-0.15, -0.1) is 0 Å². The van der Waals surface area contributed by atoms with Crippen LogP contribution in [0.15, 0.2) is 72.9 Å². The molecule has 0 amide bonds. The molecular formula is C28H24FNO2S. The normalized spacial score (nSPS) is 10.9. The molecule has 0 atom stereocenters. The number of ketones is 1. The number of carbonyl (C=O) groups is 1. The van der Waals surface area contributed by atoms with E-state index in [1.165, 1.54) is 6.07 Å². The molecule has 0 N–H and O–H groups in total. The number of benzene rings is 3. The first kappa shape index (κ1) is 22.7. The Kier molecular flexibility index (Phi) is 6.90. The number of hydrogen-bond acceptors (Lipinski definition) is 4. The van der Waals surface area contributed by atoms with E-state index in [0.29, 0.717) is 29.0 Å². The van der Waals surface area contributed by atoms with Gasteiger partial charge in [0.05, 0.1) is 5.52 Å². The number of halogens is 1. The number of hydrogen-bond donors (Lipinski definition) is 0. The third-order valence-corrected chi connectivity index (χ3v) is 5.86. The van der Waals surface area contributed by atoms with Crippen molar-refractivity contribution in [3.8, 4) is 11.5 Å². The van der Waals surface area contributed by atoms with Gasteiger partial charge < -0.3 is 4.74 Å². The fourth-order valence-electron chi connectivity index (χ4n) is 3.72. The SMILES string of the molecule is Cc1cc2nccc(Oc3ccc(CC(=S)CC(=O)Cc4ccccc4)cc3F)c2cc1C. The van der Waals surface area contributed by atoms with E-state index in [0.717, 1.165) is 27.6 Å². The van der Waals surface area contributed by atoms with E-state index < -0.39 is 5.82 Å². The molecule has 0 aliphatic heterocycles. The van der Waals surface area contributed by atoms with Crippen molar-refractivity contribution in [1.29, 1.82) is 0 Å². The van der Waals surface area contributed by atoms with Crippen LogP contribution in [-0.4, -0.2) is 15.6 Å². The molecule has 3 aromatic carbocycles. The maximum absolute atomic E-state index is 14.8. The lowest BCUT2D eigenvalue weighted by molar-refractivity contribution is -0.117. The minimum Gasteiger partial charge on any atom is -0.454 e. The van der Waals surface area contributed by atoms with Gasteiger partial charge in [-0.25, -0.2) is 4.39 Å². The number of pyridine rings is 1. The van der Waals surface area contributed by atoms with Crippen LogP contribution in [-0.2, 0) is 17.6 Å². The van der Waals surface area contributed by atoms with Gasteiger partial charge in [0.15, 0.2) is 11.6 Å². The quantitative estimate of drug-likeness (QED) is 0.270. The van der Waals surface area contributed by atoms with Crippen molar-refractivity contribution in [1.82, 2.24) is 4.98 Å². The minimum atomic E-state index is -0.472. The standard InChI is InChI=1S/C28H24FNO2S/c1-18-12-24-26(13-19(18)2)30-11-10-27(24)32-28-9-8-21(16-25(28)29)15-23(33)17-22(31)14-20-6-4-3-5-7-20/h3-13,16H,14-15,17H2,1-2H3. The molecule has 0 unspecified atom stereocenters. The third-order valence-electron chi connectivity index (χ3n) is 5.57. The second kappa shape index (κ2) is 10.0. The molecule has 3 nitrogen and oxygen atoms in total. The van der Waals surface area contributed by atoms with E-state index in [-0.39, 0.29) is 18.0 Å². The summed E-state index contributed by atoms with van der Waals surface area (Å²) >= 11 is 5.40. The summed E-state index contributed by atoms with van der Waals surface area (Å²) in [6.45, 7) is 4.05. The number of fused-ring (bicyclic) bond motifs is 1. The summed E-state index contributed by atoms with van der Waals surface area (Å²) in [6, 6.07) is 20.1. The Bertz CT molecular complexity index is 1330. The predicted octanol–water partition coefficient (Wildman–Crippen LogP) is 6.90. The monoisotopic (exact) mass is 457 g/mol. The first-order valence-electron chi connectivity index (χ1n) is 10.8. The lowest BCUT2D eigenvalue weighted by Gasteiger charge is -2.12. The second-order valence-corrected chi connectivity index (χ2v) is 8.80. The molecule has 0 aliphatic carbocycles. The minimum absolute atomic E-state index is 0.0571. The Balaban J connectivity index is 1.43. The van der Waals surface area contributed by atoms with Crippen molar-refractivity contribution in [2.75, 3.05) is 0 Å². The highest BCUT2D eigenvalue weighted by Crippen LogP contribution is 2.32. The molecule has 0 saturated carbocycles. The van der Waals surface area contributed by atoms with Crippen molar-refractivity contribution < 1.29 is 13.9 Å². The molecule has 166 valence electrons. The van der Waals surface area contributed by atoms with Crippen LogP contribution in [0, 0.1) is 19.7 Å². The molecule has 5 heteroatoms. The van der Waals surface area contributed by atoms with Gasteiger partial charge in [-0.2, -0.15) is 0 Å². The van der Waals surface area contributed by atoms with Crippen LogP contribution >= 0.6 is 12.2 Å². The second-order valence-electron chi connectivity index (χ2n) is 8.22. The van der Waals surface area contributed by atoms with E-state index in [1.54, 1.807) is 24.4 Å². The molecule has 0 spiro atoms. The summed E-state index contributed by atoms with van der Waals surface area (Å²) < 4.78 is 20.7. The molecule has 4 aromatic rings. The maximum Gasteiger partial charge on any atom is 0.166 e. The highest BCUT2D eigenvalue weighted by molar-refractivity contribution is 7.80. The first-order chi connectivity index (χ1) is 15.9. The molecule has 0 radical (unpaired) electrons. The molecule has 4 rings (SSSR count). The number of nitrogens with zero attached hydrogens (tertiary/aromatic N) is 1. The number of carbonyl (C=O) groups excluding carboxylic acids is 1. The van der Waals surface area contributed by atoms with E-state index in [2.05, 4.69) is 4.98 Å². The number of aromatic nitrogens is 1. The molecule has 0 fully saturated rings. The number of ether oxygens (including phenoxy) is 1. The van der Waals surface area contributed by atoms with Gasteiger partial charge in [0.25, 0.3) is 0 Å². The Labute approximate surface area is 198 Å². The maximum atomic E-state index is 14.8. The van der Waals surface area contributed by atoms with Crippen molar-refractivity contribution in [2.45, 2.75) is 33.1 Å². The number of aryl methyl sites for hydroxylation is 2. The summed E-state index contributed by atoms with van der Waals surface area (Å²) in [5, 5.41) is 0.835. The molecule has 0 aliphatic rings. The Hall–Kier alpha value is -3.44. The number of thiocarbonyl (C=S) groups is 1. The van der Waals surface area contributed by atoms with Gasteiger partial charge in [0, 0.05) is 35.7 Å². The van der Waals surface area contributed by atoms with E-state index >= 15 is 0 Å². The molecule has 0 bridgehead atoms. The summed E-state index contributed by atoms with van der Waals surface area (Å²) in [5.41, 5.74) is 4.74. The van der Waals surface area contributed by atoms with Gasteiger partial charge in [0.2, 0.25) is 0 Å². The van der Waals surface area contributed by atoms with Gasteiger partial charge in [0.1, 0.15) is 11.5 Å². The van der Waals surface area contributed by atoms with Crippen molar-refractivity contribution in [3.63, 3.8) is 0 Å². The molecule has 1 aromatic heterocycles. The molecule has 33 heavy (non-hydrogen) atoms. The van der Waals surface area contributed by atoms with Gasteiger partial charge >= 0.3 is 0 Å². The highest BCUT2D eigenvalue weighted by Gasteiger charge is 2.13. The summed E-state index contributed by atoms with van der Waals surface area (Å²) in [6.07, 6.45) is 2.57. The zero-order chi connectivity index (χ0) is 23.4. The van der Waals surface area contributed by atoms with Gasteiger partial charge in [-0.05, 0) is 66.4 Å². The lowest BCUT2D eigenvalue weighted by atomic mass is 10.0. The average Bonchev–Trinajstić information content (AvgIpc) is 2.77. The van der Waals surface area contributed by atoms with Crippen molar-refractivity contribution >= 4 is 33.8 Å². The fourth-order valence-corrected chi connectivity index (χ4v) is 4.05. The molecular weight excluding hydrogens is 433 g/mol. The van der Waals surface area contributed by atoms with Gasteiger partial charge in [-0.1, -0.05) is 48.6 Å². The lowest BCUT2D eigenvalue weighted by Crippen LogP contribution is -2.11. The Morgan fingerprint density at radius 2 is 1.67 bits per heavy atom. The summed E-state index contributed by atoms with van der Waals surface area (Å²) in [4.78, 5) is 17.3.